The lowest BCUT2D eigenvalue weighted by Gasteiger charge is -2.34. The molecule has 3 atom stereocenters. The molecule has 0 bridgehead atoms. The lowest BCUT2D eigenvalue weighted by molar-refractivity contribution is -0.141. The molecule has 2 aliphatic rings. The molecule has 2 aliphatic heterocycles. The summed E-state index contributed by atoms with van der Waals surface area (Å²) < 4.78 is 24.2. The number of methoxy groups -OCH3 is 1. The fourth-order valence-corrected chi connectivity index (χ4v) is 8.71. The molecule has 4 aromatic rings. The first-order valence-electron chi connectivity index (χ1n) is 21.6. The molecule has 15 heteroatoms. The Hall–Kier alpha value is -5.51. The second-order valence-electron chi connectivity index (χ2n) is 17.4. The van der Waals surface area contributed by atoms with Gasteiger partial charge in [-0.05, 0) is 90.3 Å². The van der Waals surface area contributed by atoms with Crippen LogP contribution in [0.2, 0.25) is 0 Å². The minimum Gasteiger partial charge on any atom is -0.508 e. The van der Waals surface area contributed by atoms with Crippen molar-refractivity contribution in [3.8, 4) is 28.1 Å². The smallest absolute Gasteiger partial charge is 0.410 e. The third-order valence-electron chi connectivity index (χ3n) is 11.7. The van der Waals surface area contributed by atoms with Gasteiger partial charge in [0, 0.05) is 80.9 Å². The quantitative estimate of drug-likeness (QED) is 0.1000. The predicted molar refractivity (Wildman–Crippen MR) is 235 cm³/mol. The zero-order valence-corrected chi connectivity index (χ0v) is 37.1. The third kappa shape index (κ3) is 10.7. The van der Waals surface area contributed by atoms with E-state index < -0.39 is 29.5 Å². The molecule has 15 nitrogen and oxygen atoms in total. The van der Waals surface area contributed by atoms with Crippen LogP contribution in [-0.2, 0) is 59.3 Å². The Labute approximate surface area is 364 Å². The number of hydrazine groups is 1. The summed E-state index contributed by atoms with van der Waals surface area (Å²) >= 11 is 0. The van der Waals surface area contributed by atoms with E-state index in [0.29, 0.717) is 64.3 Å². The van der Waals surface area contributed by atoms with E-state index in [9.17, 15) is 24.3 Å². The third-order valence-corrected chi connectivity index (χ3v) is 11.7. The molecule has 62 heavy (non-hydrogen) atoms. The van der Waals surface area contributed by atoms with E-state index in [2.05, 4.69) is 53.2 Å². The zero-order chi connectivity index (χ0) is 44.6. The number of amides is 3. The van der Waals surface area contributed by atoms with E-state index in [1.807, 2.05) is 38.2 Å². The van der Waals surface area contributed by atoms with Gasteiger partial charge >= 0.3 is 6.09 Å². The zero-order valence-electron chi connectivity index (χ0n) is 37.1. The van der Waals surface area contributed by atoms with Gasteiger partial charge in [0.2, 0.25) is 5.91 Å². The van der Waals surface area contributed by atoms with Crippen LogP contribution in [0.3, 0.4) is 0 Å². The monoisotopic (exact) mass is 854 g/mol. The molecule has 334 valence electrons. The number of pyridine rings is 1. The largest absolute Gasteiger partial charge is 0.508 e. The lowest BCUT2D eigenvalue weighted by Crippen LogP contribution is -2.59. The molecule has 2 saturated heterocycles. The van der Waals surface area contributed by atoms with Crippen molar-refractivity contribution in [3.05, 3.63) is 71.5 Å². The van der Waals surface area contributed by atoms with Crippen molar-refractivity contribution in [1.82, 2.24) is 30.2 Å². The predicted octanol–water partition coefficient (Wildman–Crippen LogP) is 6.02. The summed E-state index contributed by atoms with van der Waals surface area (Å²) in [4.78, 5) is 58.7. The molecule has 2 aromatic heterocycles. The Morgan fingerprint density at radius 3 is 2.61 bits per heavy atom. The van der Waals surface area contributed by atoms with Gasteiger partial charge in [0.15, 0.2) is 0 Å². The first kappa shape index (κ1) is 46.0. The average Bonchev–Trinajstić information content (AvgIpc) is 3.87. The standard InChI is InChI=1S/C47H62N6O9/c1-8-52-41-12-11-32(23-37(41)38(24-47(4,5)28-61-29-54)43(52)39-25-48-16-13-33(39)26-59-7)34-19-31(20-35(55)22-34)21-40(45(57)53-17-10-9-15-49-53)50-44(56)42(30(2)3)51(6)46(58)62-36-14-18-60-27-36/h11-13,16,19-20,22-23,25,29-30,36,40,42,49,55H,8-10,14-15,17-18,21,24,26-28H2,1-7H3,(H,50,56). The molecule has 2 fully saturated rings. The van der Waals surface area contributed by atoms with Crippen LogP contribution >= 0.6 is 0 Å². The SMILES string of the molecule is CCn1c(-c2cnccc2COC)c(CC(C)(C)COC=O)c2cc(-c3cc(O)cc(CC(NC(=O)C(C(C)C)N(C)C(=O)OC4CCOC4)C(=O)N4CCCCN4)c3)ccc21. The fraction of sp³-hybridized carbons (Fsp3) is 0.511. The highest BCUT2D eigenvalue weighted by Crippen LogP contribution is 2.41. The van der Waals surface area contributed by atoms with Crippen molar-refractivity contribution >= 4 is 35.3 Å². The van der Waals surface area contributed by atoms with Gasteiger partial charge in [0.1, 0.15) is 23.9 Å². The highest BCUT2D eigenvalue weighted by Gasteiger charge is 2.36. The molecule has 0 saturated carbocycles. The maximum atomic E-state index is 14.2. The topological polar surface area (TPSA) is 174 Å². The van der Waals surface area contributed by atoms with Crippen LogP contribution in [0.15, 0.2) is 54.9 Å². The second kappa shape index (κ2) is 20.6. The minimum atomic E-state index is -1.02. The van der Waals surface area contributed by atoms with Gasteiger partial charge in [0.05, 0.1) is 32.1 Å². The number of carbonyl (C=O) groups excluding carboxylic acids is 4. The van der Waals surface area contributed by atoms with E-state index in [1.54, 1.807) is 30.4 Å². The fourth-order valence-electron chi connectivity index (χ4n) is 8.71. The number of rotatable bonds is 18. The molecule has 0 spiro atoms. The highest BCUT2D eigenvalue weighted by molar-refractivity contribution is 5.96. The van der Waals surface area contributed by atoms with Crippen LogP contribution < -0.4 is 10.7 Å². The summed E-state index contributed by atoms with van der Waals surface area (Å²) in [6.07, 6.45) is 5.56. The number of ether oxygens (including phenoxy) is 4. The highest BCUT2D eigenvalue weighted by atomic mass is 16.6. The summed E-state index contributed by atoms with van der Waals surface area (Å²) in [5.41, 5.74) is 9.93. The molecular formula is C47H62N6O9. The number of phenols is 1. The lowest BCUT2D eigenvalue weighted by atomic mass is 9.84. The van der Waals surface area contributed by atoms with Gasteiger partial charge in [-0.1, -0.05) is 39.8 Å². The van der Waals surface area contributed by atoms with Crippen LogP contribution in [0.5, 0.6) is 5.75 Å². The maximum Gasteiger partial charge on any atom is 0.410 e. The first-order chi connectivity index (χ1) is 29.7. The Morgan fingerprint density at radius 1 is 1.13 bits per heavy atom. The first-order valence-corrected chi connectivity index (χ1v) is 21.6. The number of phenolic OH excluding ortho intramolecular Hbond substituents is 1. The molecule has 0 radical (unpaired) electrons. The number of nitrogens with zero attached hydrogens (tertiary/aromatic N) is 4. The molecule has 2 aromatic carbocycles. The number of aryl methyl sites for hydroxylation is 1. The Morgan fingerprint density at radius 2 is 1.94 bits per heavy atom. The Balaban J connectivity index is 1.38. The van der Waals surface area contributed by atoms with E-state index in [-0.39, 0.29) is 36.7 Å². The van der Waals surface area contributed by atoms with Crippen molar-refractivity contribution in [1.29, 1.82) is 0 Å². The van der Waals surface area contributed by atoms with Crippen molar-refractivity contribution in [2.75, 3.05) is 47.1 Å². The van der Waals surface area contributed by atoms with Gasteiger partial charge in [-0.25, -0.2) is 10.2 Å². The number of carbonyl (C=O) groups is 4. The van der Waals surface area contributed by atoms with Crippen molar-refractivity contribution in [2.24, 2.45) is 11.3 Å². The summed E-state index contributed by atoms with van der Waals surface area (Å²) in [7, 11) is 3.20. The molecule has 3 unspecified atom stereocenters. The number of fused-ring (bicyclic) bond motifs is 1. The number of aromatic nitrogens is 2. The molecule has 4 heterocycles. The molecule has 3 amide bonds. The average molecular weight is 855 g/mol. The van der Waals surface area contributed by atoms with Gasteiger partial charge in [-0.15, -0.1) is 0 Å². The van der Waals surface area contributed by atoms with Crippen LogP contribution in [0, 0.1) is 11.3 Å². The van der Waals surface area contributed by atoms with Crippen LogP contribution in [0.4, 0.5) is 4.79 Å². The molecule has 6 rings (SSSR count). The van der Waals surface area contributed by atoms with Crippen LogP contribution in [0.1, 0.15) is 70.6 Å². The number of benzene rings is 2. The summed E-state index contributed by atoms with van der Waals surface area (Å²) in [6.45, 7) is 13.6. The summed E-state index contributed by atoms with van der Waals surface area (Å²) in [5, 5.41) is 16.8. The molecule has 3 N–H and O–H groups in total. The van der Waals surface area contributed by atoms with Gasteiger partial charge in [-0.2, -0.15) is 0 Å². The Bertz CT molecular complexity index is 2210. The van der Waals surface area contributed by atoms with Crippen LogP contribution in [0.25, 0.3) is 33.3 Å². The van der Waals surface area contributed by atoms with Crippen molar-refractivity contribution < 1.29 is 43.2 Å². The maximum absolute atomic E-state index is 14.2. The Kier molecular flexibility index (Phi) is 15.3. The normalized spacial score (nSPS) is 16.6. The van der Waals surface area contributed by atoms with Crippen molar-refractivity contribution in [3.63, 3.8) is 0 Å². The molecule has 0 aliphatic carbocycles. The minimum absolute atomic E-state index is 0.00315. The van der Waals surface area contributed by atoms with Crippen molar-refractivity contribution in [2.45, 2.75) is 98.1 Å². The van der Waals surface area contributed by atoms with Gasteiger partial charge < -0.3 is 33.9 Å². The number of hydrogen-bond donors (Lipinski definition) is 3. The number of nitrogens with one attached hydrogen (secondary N) is 2. The summed E-state index contributed by atoms with van der Waals surface area (Å²) in [6, 6.07) is 11.4. The van der Waals surface area contributed by atoms with E-state index in [0.717, 1.165) is 57.3 Å². The second-order valence-corrected chi connectivity index (χ2v) is 17.4. The van der Waals surface area contributed by atoms with Crippen LogP contribution in [-0.4, -0.2) is 114 Å². The van der Waals surface area contributed by atoms with Gasteiger partial charge in [0.25, 0.3) is 12.4 Å². The van der Waals surface area contributed by atoms with E-state index in [1.165, 1.54) is 11.9 Å². The number of aromatic hydroxyl groups is 1. The molecular weight excluding hydrogens is 793 g/mol. The number of likely N-dealkylation sites (N-methyl/N-ethyl adjacent to an activating group) is 1. The van der Waals surface area contributed by atoms with E-state index in [4.69, 9.17) is 18.9 Å². The van der Waals surface area contributed by atoms with E-state index >= 15 is 0 Å². The summed E-state index contributed by atoms with van der Waals surface area (Å²) in [5.74, 6) is -1.11. The van der Waals surface area contributed by atoms with Gasteiger partial charge in [-0.3, -0.25) is 29.3 Å². The number of hydrogen-bond acceptors (Lipinski definition) is 11.